The van der Waals surface area contributed by atoms with Crippen LogP contribution in [0, 0.1) is 5.92 Å². The third kappa shape index (κ3) is 5.59. The monoisotopic (exact) mass is 384 g/mol. The number of sulfonamides is 1. The van der Waals surface area contributed by atoms with Crippen molar-refractivity contribution in [1.82, 2.24) is 10.0 Å². The minimum Gasteiger partial charge on any atom is -0.469 e. The molecule has 0 fully saturated rings. The van der Waals surface area contributed by atoms with E-state index >= 15 is 0 Å². The Morgan fingerprint density at radius 2 is 1.88 bits per heavy atom. The van der Waals surface area contributed by atoms with Crippen molar-refractivity contribution in [2.45, 2.75) is 31.2 Å². The fraction of sp³-hybridized carbons (Fsp3) is 0.353. The molecule has 2 N–H and O–H groups in total. The first-order valence-corrected chi connectivity index (χ1v) is 9.73. The Morgan fingerprint density at radius 3 is 2.44 bits per heavy atom. The van der Waals surface area contributed by atoms with E-state index in [0.29, 0.717) is 18.0 Å². The summed E-state index contributed by atoms with van der Waals surface area (Å²) in [5.74, 6) is 0.160. The number of amides is 1. The van der Waals surface area contributed by atoms with Gasteiger partial charge in [-0.3, -0.25) is 4.79 Å². The molecule has 0 aliphatic rings. The summed E-state index contributed by atoms with van der Waals surface area (Å²) in [4.78, 5) is 12.4. The fourth-order valence-corrected chi connectivity index (χ4v) is 3.68. The largest absolute Gasteiger partial charge is 0.469 e. The SMILES string of the molecule is CC(C)[C@@H](NS(=O)(=O)c1ccc(Cl)cc1)C(=O)NCCc1ccco1. The number of nitrogens with one attached hydrogen (secondary N) is 2. The van der Waals surface area contributed by atoms with Gasteiger partial charge in [-0.2, -0.15) is 4.72 Å². The molecule has 0 aliphatic carbocycles. The number of hydrogen-bond donors (Lipinski definition) is 2. The first-order chi connectivity index (χ1) is 11.8. The molecule has 0 saturated heterocycles. The smallest absolute Gasteiger partial charge is 0.241 e. The van der Waals surface area contributed by atoms with Gasteiger partial charge in [0, 0.05) is 18.0 Å². The predicted molar refractivity (Wildman–Crippen MR) is 95.8 cm³/mol. The summed E-state index contributed by atoms with van der Waals surface area (Å²) < 4.78 is 32.6. The summed E-state index contributed by atoms with van der Waals surface area (Å²) >= 11 is 5.78. The van der Waals surface area contributed by atoms with Crippen LogP contribution in [0.25, 0.3) is 0 Å². The summed E-state index contributed by atoms with van der Waals surface area (Å²) in [5.41, 5.74) is 0. The van der Waals surface area contributed by atoms with Crippen molar-refractivity contribution in [1.29, 1.82) is 0 Å². The van der Waals surface area contributed by atoms with Crippen molar-refractivity contribution in [3.8, 4) is 0 Å². The zero-order valence-corrected chi connectivity index (χ0v) is 15.6. The highest BCUT2D eigenvalue weighted by molar-refractivity contribution is 7.89. The standard InChI is InChI=1S/C17H21ClN2O4S/c1-12(2)16(17(21)19-10-9-14-4-3-11-24-14)20-25(22,23)15-7-5-13(18)6-8-15/h3-8,11-12,16,20H,9-10H2,1-2H3,(H,19,21)/t16-/m1/s1. The van der Waals surface area contributed by atoms with Crippen molar-refractivity contribution in [3.63, 3.8) is 0 Å². The number of carbonyl (C=O) groups is 1. The Morgan fingerprint density at radius 1 is 1.20 bits per heavy atom. The molecule has 2 aromatic rings. The van der Waals surface area contributed by atoms with E-state index in [1.807, 2.05) is 6.07 Å². The second kappa shape index (κ2) is 8.51. The Kier molecular flexibility index (Phi) is 6.64. The fourth-order valence-electron chi connectivity index (χ4n) is 2.21. The molecular formula is C17H21ClN2O4S. The minimum atomic E-state index is -3.82. The number of furan rings is 1. The second-order valence-electron chi connectivity index (χ2n) is 5.92. The van der Waals surface area contributed by atoms with Crippen molar-refractivity contribution >= 4 is 27.5 Å². The second-order valence-corrected chi connectivity index (χ2v) is 8.07. The normalized spacial score (nSPS) is 13.0. The Hall–Kier alpha value is -1.83. The predicted octanol–water partition coefficient (Wildman–Crippen LogP) is 2.59. The molecule has 8 heteroatoms. The van der Waals surface area contributed by atoms with Gasteiger partial charge in [0.15, 0.2) is 0 Å². The first-order valence-electron chi connectivity index (χ1n) is 7.87. The maximum Gasteiger partial charge on any atom is 0.241 e. The van der Waals surface area contributed by atoms with E-state index in [4.69, 9.17) is 16.0 Å². The molecule has 2 rings (SSSR count). The van der Waals surface area contributed by atoms with Crippen molar-refractivity contribution in [2.24, 2.45) is 5.92 Å². The molecule has 1 atom stereocenters. The van der Waals surface area contributed by atoms with Crippen LogP contribution in [0.15, 0.2) is 52.0 Å². The van der Waals surface area contributed by atoms with E-state index in [0.717, 1.165) is 5.76 Å². The topological polar surface area (TPSA) is 88.4 Å². The molecule has 6 nitrogen and oxygen atoms in total. The molecule has 0 aliphatic heterocycles. The van der Waals surface area contributed by atoms with Gasteiger partial charge >= 0.3 is 0 Å². The molecule has 1 aromatic heterocycles. The Balaban J connectivity index is 2.01. The van der Waals surface area contributed by atoms with Gasteiger partial charge in [0.25, 0.3) is 0 Å². The number of benzene rings is 1. The molecule has 0 bridgehead atoms. The van der Waals surface area contributed by atoms with Crippen LogP contribution in [0.2, 0.25) is 5.02 Å². The van der Waals surface area contributed by atoms with Gasteiger partial charge in [-0.15, -0.1) is 0 Å². The third-order valence-corrected chi connectivity index (χ3v) is 5.31. The van der Waals surface area contributed by atoms with Crippen LogP contribution in [-0.4, -0.2) is 26.9 Å². The molecule has 0 unspecified atom stereocenters. The molecule has 0 radical (unpaired) electrons. The Bertz CT molecular complexity index is 787. The number of rotatable bonds is 8. The molecule has 1 heterocycles. The summed E-state index contributed by atoms with van der Waals surface area (Å²) in [6.45, 7) is 3.92. The average molecular weight is 385 g/mol. The maximum absolute atomic E-state index is 12.5. The van der Waals surface area contributed by atoms with Crippen LogP contribution in [0.5, 0.6) is 0 Å². The summed E-state index contributed by atoms with van der Waals surface area (Å²) in [6, 6.07) is 8.49. The van der Waals surface area contributed by atoms with Gasteiger partial charge in [-0.05, 0) is 42.3 Å². The number of hydrogen-bond acceptors (Lipinski definition) is 4. The summed E-state index contributed by atoms with van der Waals surface area (Å²) in [7, 11) is -3.82. The lowest BCUT2D eigenvalue weighted by molar-refractivity contribution is -0.123. The van der Waals surface area contributed by atoms with Gasteiger partial charge in [-0.1, -0.05) is 25.4 Å². The highest BCUT2D eigenvalue weighted by atomic mass is 35.5. The number of halogens is 1. The van der Waals surface area contributed by atoms with Gasteiger partial charge in [-0.25, -0.2) is 8.42 Å². The van der Waals surface area contributed by atoms with E-state index in [1.165, 1.54) is 24.3 Å². The van der Waals surface area contributed by atoms with Crippen LogP contribution in [0.4, 0.5) is 0 Å². The third-order valence-electron chi connectivity index (χ3n) is 3.61. The van der Waals surface area contributed by atoms with Crippen molar-refractivity contribution < 1.29 is 17.6 Å². The lowest BCUT2D eigenvalue weighted by atomic mass is 10.1. The first kappa shape index (κ1) is 19.5. The molecule has 136 valence electrons. The van der Waals surface area contributed by atoms with E-state index in [9.17, 15) is 13.2 Å². The highest BCUT2D eigenvalue weighted by Gasteiger charge is 2.28. The van der Waals surface area contributed by atoms with Crippen LogP contribution in [-0.2, 0) is 21.2 Å². The molecule has 0 spiro atoms. The van der Waals surface area contributed by atoms with Gasteiger partial charge in [0.2, 0.25) is 15.9 Å². The zero-order valence-electron chi connectivity index (χ0n) is 14.0. The zero-order chi connectivity index (χ0) is 18.4. The minimum absolute atomic E-state index is 0.0611. The Labute approximate surface area is 152 Å². The average Bonchev–Trinajstić information content (AvgIpc) is 3.06. The maximum atomic E-state index is 12.5. The van der Waals surface area contributed by atoms with Crippen LogP contribution in [0.1, 0.15) is 19.6 Å². The van der Waals surface area contributed by atoms with E-state index < -0.39 is 16.1 Å². The lowest BCUT2D eigenvalue weighted by Crippen LogP contribution is -2.49. The van der Waals surface area contributed by atoms with Crippen LogP contribution < -0.4 is 10.0 Å². The van der Waals surface area contributed by atoms with Gasteiger partial charge in [0.05, 0.1) is 11.2 Å². The van der Waals surface area contributed by atoms with E-state index in [1.54, 1.807) is 26.2 Å². The molecule has 1 amide bonds. The van der Waals surface area contributed by atoms with Crippen molar-refractivity contribution in [3.05, 3.63) is 53.4 Å². The van der Waals surface area contributed by atoms with E-state index in [2.05, 4.69) is 10.0 Å². The molecule has 25 heavy (non-hydrogen) atoms. The van der Waals surface area contributed by atoms with E-state index in [-0.39, 0.29) is 16.7 Å². The highest BCUT2D eigenvalue weighted by Crippen LogP contribution is 2.15. The van der Waals surface area contributed by atoms with Gasteiger partial charge < -0.3 is 9.73 Å². The van der Waals surface area contributed by atoms with Crippen molar-refractivity contribution in [2.75, 3.05) is 6.54 Å². The van der Waals surface area contributed by atoms with Crippen LogP contribution in [0.3, 0.4) is 0 Å². The lowest BCUT2D eigenvalue weighted by Gasteiger charge is -2.21. The molecule has 0 saturated carbocycles. The number of carbonyl (C=O) groups excluding carboxylic acids is 1. The molecular weight excluding hydrogens is 364 g/mol. The van der Waals surface area contributed by atoms with Gasteiger partial charge in [0.1, 0.15) is 11.8 Å². The van der Waals surface area contributed by atoms with Crippen LogP contribution >= 0.6 is 11.6 Å². The summed E-state index contributed by atoms with van der Waals surface area (Å²) in [6.07, 6.45) is 2.10. The summed E-state index contributed by atoms with van der Waals surface area (Å²) in [5, 5.41) is 3.18. The quantitative estimate of drug-likeness (QED) is 0.732. The molecule has 1 aromatic carbocycles.